The van der Waals surface area contributed by atoms with Gasteiger partial charge in [-0.2, -0.15) is 13.2 Å². The van der Waals surface area contributed by atoms with Crippen LogP contribution in [0.3, 0.4) is 0 Å². The molecule has 0 saturated heterocycles. The van der Waals surface area contributed by atoms with Crippen LogP contribution in [0, 0.1) is 5.41 Å². The smallest absolute Gasteiger partial charge is 0.171 e. The van der Waals surface area contributed by atoms with Crippen LogP contribution in [0.1, 0.15) is 48.5 Å². The Balaban J connectivity index is -0.000000175. The Labute approximate surface area is 74.2 Å². The van der Waals surface area contributed by atoms with Gasteiger partial charge < -0.3 is 0 Å². The maximum Gasteiger partial charge on any atom is 0.393 e. The monoisotopic (exact) mass is 186 g/mol. The van der Waals surface area contributed by atoms with Crippen LogP contribution < -0.4 is 0 Å². The summed E-state index contributed by atoms with van der Waals surface area (Å²) >= 11 is 0. The second-order valence-electron chi connectivity index (χ2n) is 2.75. The standard InChI is InChI=1S/C5H9F3.2C2H6/c1-4(2,3)5(6,7)8;2*1-2/h1-3H3;2*1-2H3. The molecule has 12 heavy (non-hydrogen) atoms. The summed E-state index contributed by atoms with van der Waals surface area (Å²) in [6, 6.07) is 0. The molecule has 0 heterocycles. The van der Waals surface area contributed by atoms with Gasteiger partial charge >= 0.3 is 6.18 Å². The minimum atomic E-state index is -4.06. The highest BCUT2D eigenvalue weighted by atomic mass is 19.4. The molecule has 0 amide bonds. The molecule has 0 nitrogen and oxygen atoms in total. The molecule has 0 N–H and O–H groups in total. The molecule has 78 valence electrons. The van der Waals surface area contributed by atoms with Gasteiger partial charge in [0.2, 0.25) is 0 Å². The lowest BCUT2D eigenvalue weighted by atomic mass is 9.96. The first-order chi connectivity index (χ1) is 5.25. The summed E-state index contributed by atoms with van der Waals surface area (Å²) in [4.78, 5) is 0. The maximum atomic E-state index is 11.6. The molecule has 0 spiro atoms. The quantitative estimate of drug-likeness (QED) is 0.516. The molecule has 0 aliphatic heterocycles. The van der Waals surface area contributed by atoms with Gasteiger partial charge in [-0.05, 0) is 0 Å². The van der Waals surface area contributed by atoms with Crippen molar-refractivity contribution >= 4 is 0 Å². The topological polar surface area (TPSA) is 0 Å². The predicted octanol–water partition coefficient (Wildman–Crippen LogP) is 4.65. The van der Waals surface area contributed by atoms with Crippen LogP contribution in [0.5, 0.6) is 0 Å². The molecular weight excluding hydrogens is 165 g/mol. The molecule has 0 bridgehead atoms. The van der Waals surface area contributed by atoms with Gasteiger partial charge in [-0.3, -0.25) is 0 Å². The summed E-state index contributed by atoms with van der Waals surface area (Å²) in [5.41, 5.74) is -1.56. The maximum absolute atomic E-state index is 11.6. The molecular formula is C9H21F3. The van der Waals surface area contributed by atoms with E-state index in [0.29, 0.717) is 0 Å². The zero-order chi connectivity index (χ0) is 11.0. The van der Waals surface area contributed by atoms with E-state index >= 15 is 0 Å². The summed E-state index contributed by atoms with van der Waals surface area (Å²) < 4.78 is 34.7. The van der Waals surface area contributed by atoms with Crippen LogP contribution >= 0.6 is 0 Å². The minimum absolute atomic E-state index is 1.15. The van der Waals surface area contributed by atoms with Crippen molar-refractivity contribution in [1.82, 2.24) is 0 Å². The zero-order valence-electron chi connectivity index (χ0n) is 9.13. The van der Waals surface area contributed by atoms with Gasteiger partial charge in [0.1, 0.15) is 0 Å². The van der Waals surface area contributed by atoms with Crippen molar-refractivity contribution in [2.75, 3.05) is 0 Å². The van der Waals surface area contributed by atoms with Gasteiger partial charge in [0.25, 0.3) is 0 Å². The Morgan fingerprint density at radius 3 is 0.750 bits per heavy atom. The van der Waals surface area contributed by atoms with E-state index in [-0.39, 0.29) is 0 Å². The largest absolute Gasteiger partial charge is 0.393 e. The lowest BCUT2D eigenvalue weighted by molar-refractivity contribution is -0.204. The third-order valence-electron chi connectivity index (χ3n) is 0.850. The van der Waals surface area contributed by atoms with Crippen LogP contribution in [0.25, 0.3) is 0 Å². The minimum Gasteiger partial charge on any atom is -0.171 e. The molecule has 0 atom stereocenters. The van der Waals surface area contributed by atoms with Gasteiger partial charge in [0.15, 0.2) is 0 Å². The molecule has 0 rings (SSSR count). The molecule has 0 aliphatic carbocycles. The van der Waals surface area contributed by atoms with Gasteiger partial charge in [0, 0.05) is 0 Å². The number of alkyl halides is 3. The van der Waals surface area contributed by atoms with Crippen LogP contribution in [-0.2, 0) is 0 Å². The third-order valence-corrected chi connectivity index (χ3v) is 0.850. The zero-order valence-corrected chi connectivity index (χ0v) is 9.13. The normalized spacial score (nSPS) is 10.5. The SMILES string of the molecule is CC.CC.CC(C)(C)C(F)(F)F. The molecule has 0 unspecified atom stereocenters. The van der Waals surface area contributed by atoms with Crippen molar-refractivity contribution < 1.29 is 13.2 Å². The van der Waals surface area contributed by atoms with Crippen LogP contribution in [0.15, 0.2) is 0 Å². The molecule has 0 radical (unpaired) electrons. The Bertz CT molecular complexity index is 64.8. The lowest BCUT2D eigenvalue weighted by Crippen LogP contribution is -2.28. The molecule has 0 aliphatic rings. The van der Waals surface area contributed by atoms with E-state index in [4.69, 9.17) is 0 Å². The van der Waals surface area contributed by atoms with E-state index in [0.717, 1.165) is 20.8 Å². The number of halogens is 3. The van der Waals surface area contributed by atoms with Crippen molar-refractivity contribution in [1.29, 1.82) is 0 Å². The predicted molar refractivity (Wildman–Crippen MR) is 48.2 cm³/mol. The van der Waals surface area contributed by atoms with E-state index < -0.39 is 11.6 Å². The van der Waals surface area contributed by atoms with E-state index in [9.17, 15) is 13.2 Å². The summed E-state index contributed by atoms with van der Waals surface area (Å²) in [6.07, 6.45) is -4.06. The van der Waals surface area contributed by atoms with Crippen LogP contribution in [0.2, 0.25) is 0 Å². The molecule has 0 aromatic heterocycles. The van der Waals surface area contributed by atoms with Crippen molar-refractivity contribution in [3.63, 3.8) is 0 Å². The highest BCUT2D eigenvalue weighted by molar-refractivity contribution is 4.70. The average molecular weight is 186 g/mol. The molecule has 0 fully saturated rings. The third kappa shape index (κ3) is 9.79. The Morgan fingerprint density at radius 2 is 0.750 bits per heavy atom. The Morgan fingerprint density at radius 1 is 0.667 bits per heavy atom. The van der Waals surface area contributed by atoms with Crippen molar-refractivity contribution in [2.45, 2.75) is 54.6 Å². The van der Waals surface area contributed by atoms with E-state index in [1.165, 1.54) is 0 Å². The molecule has 0 saturated carbocycles. The number of rotatable bonds is 0. The Kier molecular flexibility index (Phi) is 11.0. The molecule has 0 aromatic rings. The van der Waals surface area contributed by atoms with Crippen molar-refractivity contribution in [3.8, 4) is 0 Å². The first kappa shape index (κ1) is 17.8. The fourth-order valence-corrected chi connectivity index (χ4v) is 0. The fourth-order valence-electron chi connectivity index (χ4n) is 0. The van der Waals surface area contributed by atoms with E-state index in [1.54, 1.807) is 0 Å². The summed E-state index contributed by atoms with van der Waals surface area (Å²) in [5, 5.41) is 0. The summed E-state index contributed by atoms with van der Waals surface area (Å²) in [5.74, 6) is 0. The highest BCUT2D eigenvalue weighted by Gasteiger charge is 2.42. The van der Waals surface area contributed by atoms with Crippen molar-refractivity contribution in [3.05, 3.63) is 0 Å². The summed E-state index contributed by atoms with van der Waals surface area (Å²) in [6.45, 7) is 11.4. The lowest BCUT2D eigenvalue weighted by Gasteiger charge is -2.21. The average Bonchev–Trinajstić information content (AvgIpc) is 1.92. The van der Waals surface area contributed by atoms with E-state index in [1.807, 2.05) is 27.7 Å². The second kappa shape index (κ2) is 7.44. The van der Waals surface area contributed by atoms with Gasteiger partial charge in [-0.1, -0.05) is 48.5 Å². The number of hydrogen-bond acceptors (Lipinski definition) is 0. The van der Waals surface area contributed by atoms with Gasteiger partial charge in [0.05, 0.1) is 5.41 Å². The van der Waals surface area contributed by atoms with Crippen LogP contribution in [-0.4, -0.2) is 6.18 Å². The van der Waals surface area contributed by atoms with Crippen LogP contribution in [0.4, 0.5) is 13.2 Å². The second-order valence-corrected chi connectivity index (χ2v) is 2.75. The fraction of sp³-hybridized carbons (Fsp3) is 1.00. The number of hydrogen-bond donors (Lipinski definition) is 0. The molecule has 0 aromatic carbocycles. The van der Waals surface area contributed by atoms with Gasteiger partial charge in [-0.15, -0.1) is 0 Å². The highest BCUT2D eigenvalue weighted by Crippen LogP contribution is 2.36. The van der Waals surface area contributed by atoms with Gasteiger partial charge in [-0.25, -0.2) is 0 Å². The van der Waals surface area contributed by atoms with E-state index in [2.05, 4.69) is 0 Å². The first-order valence-electron chi connectivity index (χ1n) is 4.32. The first-order valence-corrected chi connectivity index (χ1v) is 4.32. The summed E-state index contributed by atoms with van der Waals surface area (Å²) in [7, 11) is 0. The molecule has 3 heteroatoms. The Hall–Kier alpha value is -0.210. The van der Waals surface area contributed by atoms with Crippen molar-refractivity contribution in [2.24, 2.45) is 5.41 Å².